The lowest BCUT2D eigenvalue weighted by Gasteiger charge is -2.15. The van der Waals surface area contributed by atoms with Crippen molar-refractivity contribution in [1.29, 1.82) is 0 Å². The summed E-state index contributed by atoms with van der Waals surface area (Å²) in [5.74, 6) is 0. The van der Waals surface area contributed by atoms with E-state index in [2.05, 4.69) is 4.98 Å². The Balaban J connectivity index is 2.03. The number of aromatic nitrogens is 1. The number of rotatable bonds is 2. The fraction of sp³-hybridized carbons (Fsp3) is 0.353. The summed E-state index contributed by atoms with van der Waals surface area (Å²) in [6.45, 7) is 1.69. The Morgan fingerprint density at radius 2 is 1.62 bits per heavy atom. The minimum atomic E-state index is -4.71. The Kier molecular flexibility index (Phi) is 4.70. The number of ether oxygens (including phenoxy) is 2. The molecule has 2 aromatic rings. The number of hydrogen-bond donors (Lipinski definition) is 0. The van der Waals surface area contributed by atoms with Gasteiger partial charge in [-0.05, 0) is 36.8 Å². The van der Waals surface area contributed by atoms with Crippen molar-refractivity contribution >= 4 is 0 Å². The molecule has 1 unspecified atom stereocenters. The molecule has 0 aliphatic carbocycles. The number of halogens is 6. The van der Waals surface area contributed by atoms with Gasteiger partial charge in [-0.15, -0.1) is 0 Å². The SMILES string of the molecule is CC1OC[C@H](c2cc(-c3ccc(C(F)(F)F)cc3)nc(C(F)(F)F)c2)O1. The fourth-order valence-corrected chi connectivity index (χ4v) is 2.57. The third-order valence-corrected chi connectivity index (χ3v) is 3.86. The third-order valence-electron chi connectivity index (χ3n) is 3.86. The van der Waals surface area contributed by atoms with Gasteiger partial charge in [0, 0.05) is 5.56 Å². The van der Waals surface area contributed by atoms with Crippen LogP contribution in [0.25, 0.3) is 11.3 Å². The first-order chi connectivity index (χ1) is 12.0. The molecule has 0 bridgehead atoms. The first kappa shape index (κ1) is 18.7. The van der Waals surface area contributed by atoms with Crippen LogP contribution in [0.5, 0.6) is 0 Å². The molecule has 3 rings (SSSR count). The van der Waals surface area contributed by atoms with Crippen LogP contribution >= 0.6 is 0 Å². The Morgan fingerprint density at radius 1 is 0.962 bits per heavy atom. The van der Waals surface area contributed by atoms with Crippen molar-refractivity contribution in [3.63, 3.8) is 0 Å². The van der Waals surface area contributed by atoms with E-state index in [0.29, 0.717) is 0 Å². The Labute approximate surface area is 144 Å². The maximum absolute atomic E-state index is 13.2. The van der Waals surface area contributed by atoms with Crippen LogP contribution in [0.1, 0.15) is 29.8 Å². The first-order valence-electron chi connectivity index (χ1n) is 7.58. The zero-order valence-corrected chi connectivity index (χ0v) is 13.4. The summed E-state index contributed by atoms with van der Waals surface area (Å²) >= 11 is 0. The quantitative estimate of drug-likeness (QED) is 0.673. The molecule has 1 aliphatic heterocycles. The summed E-state index contributed by atoms with van der Waals surface area (Å²) in [4.78, 5) is 3.55. The molecule has 1 saturated heterocycles. The number of hydrogen-bond acceptors (Lipinski definition) is 3. The number of alkyl halides is 6. The van der Waals surface area contributed by atoms with E-state index in [9.17, 15) is 26.3 Å². The average molecular weight is 377 g/mol. The van der Waals surface area contributed by atoms with E-state index in [4.69, 9.17) is 9.47 Å². The van der Waals surface area contributed by atoms with Crippen LogP contribution < -0.4 is 0 Å². The molecule has 26 heavy (non-hydrogen) atoms. The van der Waals surface area contributed by atoms with Gasteiger partial charge in [-0.1, -0.05) is 12.1 Å². The summed E-state index contributed by atoms with van der Waals surface area (Å²) in [6, 6.07) is 6.00. The van der Waals surface area contributed by atoms with Crippen molar-refractivity contribution in [1.82, 2.24) is 4.98 Å². The van der Waals surface area contributed by atoms with E-state index in [1.807, 2.05) is 0 Å². The molecule has 140 valence electrons. The summed E-state index contributed by atoms with van der Waals surface area (Å²) in [6.07, 6.45) is -10.5. The molecule has 3 nitrogen and oxygen atoms in total. The molecule has 2 atom stereocenters. The van der Waals surface area contributed by atoms with Gasteiger partial charge in [0.15, 0.2) is 6.29 Å². The lowest BCUT2D eigenvalue weighted by molar-refractivity contribution is -0.141. The second-order valence-electron chi connectivity index (χ2n) is 5.77. The zero-order chi connectivity index (χ0) is 19.1. The molecule has 0 radical (unpaired) electrons. The molecule has 0 spiro atoms. The number of benzene rings is 1. The van der Waals surface area contributed by atoms with Gasteiger partial charge in [-0.3, -0.25) is 0 Å². The second-order valence-corrected chi connectivity index (χ2v) is 5.77. The Bertz CT molecular complexity index is 785. The van der Waals surface area contributed by atoms with E-state index in [1.165, 1.54) is 6.07 Å². The third kappa shape index (κ3) is 3.99. The molecule has 9 heteroatoms. The van der Waals surface area contributed by atoms with Gasteiger partial charge in [-0.2, -0.15) is 26.3 Å². The van der Waals surface area contributed by atoms with E-state index in [0.717, 1.165) is 30.3 Å². The summed E-state index contributed by atoms with van der Waals surface area (Å²) < 4.78 is 88.0. The Hall–Kier alpha value is -2.13. The normalized spacial score (nSPS) is 21.2. The van der Waals surface area contributed by atoms with Crippen LogP contribution in [0, 0.1) is 0 Å². The van der Waals surface area contributed by atoms with Gasteiger partial charge in [0.25, 0.3) is 0 Å². The smallest absolute Gasteiger partial charge is 0.350 e. The van der Waals surface area contributed by atoms with Crippen molar-refractivity contribution in [2.45, 2.75) is 31.7 Å². The highest BCUT2D eigenvalue weighted by Crippen LogP contribution is 2.36. The van der Waals surface area contributed by atoms with Crippen molar-refractivity contribution in [2.24, 2.45) is 0 Å². The molecule has 1 fully saturated rings. The van der Waals surface area contributed by atoms with E-state index in [-0.39, 0.29) is 23.4 Å². The lowest BCUT2D eigenvalue weighted by atomic mass is 10.0. The molecule has 0 N–H and O–H groups in total. The topological polar surface area (TPSA) is 31.4 Å². The van der Waals surface area contributed by atoms with Gasteiger partial charge in [0.2, 0.25) is 0 Å². The molecular weight excluding hydrogens is 364 g/mol. The summed E-state index contributed by atoms with van der Waals surface area (Å²) in [5, 5.41) is 0. The van der Waals surface area contributed by atoms with Crippen LogP contribution in [-0.2, 0) is 21.8 Å². The van der Waals surface area contributed by atoms with Gasteiger partial charge in [0.05, 0.1) is 17.9 Å². The minimum absolute atomic E-state index is 0.0783. The number of nitrogens with zero attached hydrogens (tertiary/aromatic N) is 1. The Morgan fingerprint density at radius 3 is 2.12 bits per heavy atom. The fourth-order valence-electron chi connectivity index (χ4n) is 2.57. The first-order valence-corrected chi connectivity index (χ1v) is 7.58. The van der Waals surface area contributed by atoms with Crippen LogP contribution in [0.4, 0.5) is 26.3 Å². The summed E-state index contributed by atoms with van der Waals surface area (Å²) in [7, 11) is 0. The minimum Gasteiger partial charge on any atom is -0.350 e. The van der Waals surface area contributed by atoms with Gasteiger partial charge < -0.3 is 9.47 Å². The van der Waals surface area contributed by atoms with Gasteiger partial charge >= 0.3 is 12.4 Å². The van der Waals surface area contributed by atoms with Crippen molar-refractivity contribution < 1.29 is 35.8 Å². The maximum atomic E-state index is 13.2. The largest absolute Gasteiger partial charge is 0.433 e. The predicted molar refractivity (Wildman–Crippen MR) is 78.9 cm³/mol. The average Bonchev–Trinajstić information content (AvgIpc) is 2.99. The standard InChI is InChI=1S/C17H13F6NO2/c1-9-25-8-14(26-9)11-6-13(24-15(7-11)17(21,22)23)10-2-4-12(5-3-10)16(18,19)20/h2-7,9,14H,8H2,1H3/t9?,14-/m1/s1. The molecule has 1 aromatic carbocycles. The van der Waals surface area contributed by atoms with Crippen LogP contribution in [0.15, 0.2) is 36.4 Å². The molecular formula is C17H13F6NO2. The van der Waals surface area contributed by atoms with Gasteiger partial charge in [0.1, 0.15) is 11.8 Å². The van der Waals surface area contributed by atoms with Crippen LogP contribution in [0.2, 0.25) is 0 Å². The number of pyridine rings is 1. The highest BCUT2D eigenvalue weighted by atomic mass is 19.4. The zero-order valence-electron chi connectivity index (χ0n) is 13.4. The predicted octanol–water partition coefficient (Wildman–Crippen LogP) is 5.22. The van der Waals surface area contributed by atoms with E-state index < -0.39 is 36.0 Å². The van der Waals surface area contributed by atoms with Crippen LogP contribution in [0.3, 0.4) is 0 Å². The molecule has 0 saturated carbocycles. The molecule has 1 aromatic heterocycles. The highest BCUT2D eigenvalue weighted by molar-refractivity contribution is 5.61. The molecule has 2 heterocycles. The van der Waals surface area contributed by atoms with Gasteiger partial charge in [-0.25, -0.2) is 4.98 Å². The maximum Gasteiger partial charge on any atom is 0.433 e. The van der Waals surface area contributed by atoms with Crippen molar-refractivity contribution in [2.75, 3.05) is 6.61 Å². The van der Waals surface area contributed by atoms with Crippen LogP contribution in [-0.4, -0.2) is 17.9 Å². The summed E-state index contributed by atoms with van der Waals surface area (Å²) in [5.41, 5.74) is -1.79. The monoisotopic (exact) mass is 377 g/mol. The van der Waals surface area contributed by atoms with E-state index in [1.54, 1.807) is 6.92 Å². The molecule has 0 amide bonds. The second kappa shape index (κ2) is 6.55. The van der Waals surface area contributed by atoms with E-state index >= 15 is 0 Å². The van der Waals surface area contributed by atoms with Crippen molar-refractivity contribution in [3.8, 4) is 11.3 Å². The van der Waals surface area contributed by atoms with Crippen molar-refractivity contribution in [3.05, 3.63) is 53.2 Å². The highest BCUT2D eigenvalue weighted by Gasteiger charge is 2.35. The lowest BCUT2D eigenvalue weighted by Crippen LogP contribution is -2.12. The molecule has 1 aliphatic rings.